The van der Waals surface area contributed by atoms with E-state index in [1.165, 1.54) is 12.8 Å². The third kappa shape index (κ3) is 9.02. The van der Waals surface area contributed by atoms with Crippen LogP contribution in [-0.2, 0) is 9.59 Å². The van der Waals surface area contributed by atoms with Gasteiger partial charge in [-0.25, -0.2) is 0 Å². The van der Waals surface area contributed by atoms with Crippen molar-refractivity contribution in [3.8, 4) is 11.5 Å². The largest absolute Gasteiger partial charge is 0.493 e. The Kier molecular flexibility index (Phi) is 9.34. The first kappa shape index (κ1) is 19.8. The van der Waals surface area contributed by atoms with E-state index in [2.05, 4.69) is 12.2 Å². The maximum atomic E-state index is 11.7. The number of amides is 1. The van der Waals surface area contributed by atoms with Crippen molar-refractivity contribution < 1.29 is 24.2 Å². The van der Waals surface area contributed by atoms with E-state index in [4.69, 9.17) is 14.6 Å². The molecule has 6 nitrogen and oxygen atoms in total. The molecular formula is C18H27NO5. The fourth-order valence-electron chi connectivity index (χ4n) is 2.15. The molecule has 1 aromatic carbocycles. The normalized spacial score (nSPS) is 11.6. The first-order valence-electron chi connectivity index (χ1n) is 8.38. The van der Waals surface area contributed by atoms with E-state index in [1.807, 2.05) is 12.1 Å². The summed E-state index contributed by atoms with van der Waals surface area (Å²) in [6, 6.07) is 6.71. The number of ether oxygens (including phenoxy) is 2. The van der Waals surface area contributed by atoms with Crippen LogP contribution >= 0.6 is 0 Å². The molecule has 0 saturated heterocycles. The lowest BCUT2D eigenvalue weighted by molar-refractivity contribution is -0.137. The molecule has 1 atom stereocenters. The summed E-state index contributed by atoms with van der Waals surface area (Å²) in [4.78, 5) is 22.3. The van der Waals surface area contributed by atoms with Gasteiger partial charge in [0.25, 0.3) is 5.91 Å². The number of carbonyl (C=O) groups excluding carboxylic acids is 1. The molecule has 6 heteroatoms. The van der Waals surface area contributed by atoms with Crippen molar-refractivity contribution in [1.29, 1.82) is 0 Å². The van der Waals surface area contributed by atoms with Crippen LogP contribution in [0, 0.1) is 0 Å². The number of rotatable bonds is 12. The Morgan fingerprint density at radius 3 is 2.54 bits per heavy atom. The third-order valence-electron chi connectivity index (χ3n) is 3.33. The molecule has 1 amide bonds. The van der Waals surface area contributed by atoms with Gasteiger partial charge in [0.15, 0.2) is 6.61 Å². The van der Waals surface area contributed by atoms with E-state index in [0.29, 0.717) is 18.1 Å². The van der Waals surface area contributed by atoms with Crippen molar-refractivity contribution in [3.05, 3.63) is 24.3 Å². The van der Waals surface area contributed by atoms with Gasteiger partial charge in [-0.05, 0) is 25.5 Å². The van der Waals surface area contributed by atoms with Crippen LogP contribution in [0.1, 0.15) is 46.0 Å². The van der Waals surface area contributed by atoms with Crippen LogP contribution in [-0.4, -0.2) is 36.2 Å². The number of hydrogen-bond donors (Lipinski definition) is 2. The van der Waals surface area contributed by atoms with Gasteiger partial charge < -0.3 is 19.9 Å². The van der Waals surface area contributed by atoms with Gasteiger partial charge in [0.1, 0.15) is 11.5 Å². The van der Waals surface area contributed by atoms with Crippen molar-refractivity contribution in [1.82, 2.24) is 5.32 Å². The molecule has 0 unspecified atom stereocenters. The molecule has 1 rings (SSSR count). The van der Waals surface area contributed by atoms with Gasteiger partial charge in [0, 0.05) is 12.1 Å². The number of carboxylic acids is 1. The lowest BCUT2D eigenvalue weighted by Gasteiger charge is -2.13. The molecule has 0 aliphatic heterocycles. The Hall–Kier alpha value is -2.24. The van der Waals surface area contributed by atoms with E-state index < -0.39 is 12.0 Å². The molecule has 0 aromatic heterocycles. The SMILES string of the molecule is CCCCCCOc1cccc(OCC(=O)N[C@H](C)CC(=O)O)c1. The highest BCUT2D eigenvalue weighted by atomic mass is 16.5. The van der Waals surface area contributed by atoms with E-state index in [9.17, 15) is 9.59 Å². The van der Waals surface area contributed by atoms with Crippen LogP contribution < -0.4 is 14.8 Å². The minimum Gasteiger partial charge on any atom is -0.493 e. The maximum absolute atomic E-state index is 11.7. The second-order valence-electron chi connectivity index (χ2n) is 5.74. The first-order chi connectivity index (χ1) is 11.5. The first-order valence-corrected chi connectivity index (χ1v) is 8.38. The van der Waals surface area contributed by atoms with E-state index in [0.717, 1.165) is 12.8 Å². The summed E-state index contributed by atoms with van der Waals surface area (Å²) < 4.78 is 11.1. The molecule has 24 heavy (non-hydrogen) atoms. The van der Waals surface area contributed by atoms with Gasteiger partial charge in [-0.2, -0.15) is 0 Å². The molecule has 0 radical (unpaired) electrons. The van der Waals surface area contributed by atoms with Gasteiger partial charge in [0.05, 0.1) is 13.0 Å². The minimum atomic E-state index is -0.951. The average molecular weight is 337 g/mol. The van der Waals surface area contributed by atoms with Crippen LogP contribution in [0.3, 0.4) is 0 Å². The van der Waals surface area contributed by atoms with Crippen LogP contribution in [0.5, 0.6) is 11.5 Å². The van der Waals surface area contributed by atoms with Crippen LogP contribution in [0.25, 0.3) is 0 Å². The predicted octanol–water partition coefficient (Wildman–Crippen LogP) is 3.00. The Bertz CT molecular complexity index is 518. The number of aliphatic carboxylic acids is 1. The van der Waals surface area contributed by atoms with Crippen molar-refractivity contribution in [3.63, 3.8) is 0 Å². The lowest BCUT2D eigenvalue weighted by Crippen LogP contribution is -2.37. The number of nitrogens with one attached hydrogen (secondary N) is 1. The minimum absolute atomic E-state index is 0.118. The third-order valence-corrected chi connectivity index (χ3v) is 3.33. The Balaban J connectivity index is 2.33. The fraction of sp³-hybridized carbons (Fsp3) is 0.556. The van der Waals surface area contributed by atoms with E-state index in [-0.39, 0.29) is 18.9 Å². The number of benzene rings is 1. The quantitative estimate of drug-likeness (QED) is 0.573. The summed E-state index contributed by atoms with van der Waals surface area (Å²) in [5, 5.41) is 11.2. The van der Waals surface area contributed by atoms with Crippen molar-refractivity contribution >= 4 is 11.9 Å². The highest BCUT2D eigenvalue weighted by Gasteiger charge is 2.11. The molecule has 134 valence electrons. The summed E-state index contributed by atoms with van der Waals surface area (Å²) in [6.07, 6.45) is 4.45. The summed E-state index contributed by atoms with van der Waals surface area (Å²) >= 11 is 0. The second kappa shape index (κ2) is 11.3. The number of carbonyl (C=O) groups is 2. The molecule has 1 aromatic rings. The number of hydrogen-bond acceptors (Lipinski definition) is 4. The molecule has 0 heterocycles. The van der Waals surface area contributed by atoms with E-state index in [1.54, 1.807) is 19.1 Å². The van der Waals surface area contributed by atoms with Crippen LogP contribution in [0.2, 0.25) is 0 Å². The number of unbranched alkanes of at least 4 members (excludes halogenated alkanes) is 3. The predicted molar refractivity (Wildman–Crippen MR) is 91.4 cm³/mol. The van der Waals surface area contributed by atoms with Crippen molar-refractivity contribution in [2.75, 3.05) is 13.2 Å². The average Bonchev–Trinajstić information content (AvgIpc) is 2.52. The Labute approximate surface area is 143 Å². The smallest absolute Gasteiger partial charge is 0.305 e. The highest BCUT2D eigenvalue weighted by Crippen LogP contribution is 2.19. The van der Waals surface area contributed by atoms with Gasteiger partial charge in [-0.3, -0.25) is 9.59 Å². The summed E-state index contributed by atoms with van der Waals surface area (Å²) in [5.74, 6) is -0.0483. The zero-order chi connectivity index (χ0) is 17.8. The molecule has 0 spiro atoms. The lowest BCUT2D eigenvalue weighted by atomic mass is 10.2. The zero-order valence-corrected chi connectivity index (χ0v) is 14.4. The van der Waals surface area contributed by atoms with Gasteiger partial charge in [-0.15, -0.1) is 0 Å². The maximum Gasteiger partial charge on any atom is 0.305 e. The van der Waals surface area contributed by atoms with Crippen molar-refractivity contribution in [2.24, 2.45) is 0 Å². The monoisotopic (exact) mass is 337 g/mol. The molecule has 0 aliphatic rings. The molecule has 0 aliphatic carbocycles. The summed E-state index contributed by atoms with van der Waals surface area (Å²) in [7, 11) is 0. The van der Waals surface area contributed by atoms with Crippen LogP contribution in [0.4, 0.5) is 0 Å². The van der Waals surface area contributed by atoms with Crippen LogP contribution in [0.15, 0.2) is 24.3 Å². The molecule has 0 saturated carbocycles. The fourth-order valence-corrected chi connectivity index (χ4v) is 2.15. The molecule has 0 bridgehead atoms. The highest BCUT2D eigenvalue weighted by molar-refractivity contribution is 5.78. The summed E-state index contributed by atoms with van der Waals surface area (Å²) in [6.45, 7) is 4.31. The van der Waals surface area contributed by atoms with E-state index >= 15 is 0 Å². The topological polar surface area (TPSA) is 84.9 Å². The second-order valence-corrected chi connectivity index (χ2v) is 5.74. The number of carboxylic acid groups (broad SMARTS) is 1. The summed E-state index contributed by atoms with van der Waals surface area (Å²) in [5.41, 5.74) is 0. The Morgan fingerprint density at radius 2 is 1.88 bits per heavy atom. The standard InChI is InChI=1S/C18H27NO5/c1-3-4-5-6-10-23-15-8-7-9-16(12-15)24-13-17(20)19-14(2)11-18(21)22/h7-9,12,14H,3-6,10-11,13H2,1-2H3,(H,19,20)(H,21,22)/t14-/m1/s1. The Morgan fingerprint density at radius 1 is 1.17 bits per heavy atom. The molecule has 2 N–H and O–H groups in total. The van der Waals surface area contributed by atoms with Gasteiger partial charge in [0.2, 0.25) is 0 Å². The molecular weight excluding hydrogens is 310 g/mol. The molecule has 0 fully saturated rings. The van der Waals surface area contributed by atoms with Gasteiger partial charge in [-0.1, -0.05) is 32.3 Å². The zero-order valence-electron chi connectivity index (χ0n) is 14.4. The van der Waals surface area contributed by atoms with Gasteiger partial charge >= 0.3 is 5.97 Å². The van der Waals surface area contributed by atoms with Crippen molar-refractivity contribution in [2.45, 2.75) is 52.0 Å².